The van der Waals surface area contributed by atoms with E-state index in [1.807, 2.05) is 9.80 Å². The number of benzene rings is 1. The summed E-state index contributed by atoms with van der Waals surface area (Å²) in [5.74, 6) is 7.80. The molecule has 1 aromatic heterocycles. The van der Waals surface area contributed by atoms with E-state index in [0.717, 1.165) is 86.2 Å². The van der Waals surface area contributed by atoms with Gasteiger partial charge in [-0.2, -0.15) is 0 Å². The van der Waals surface area contributed by atoms with Crippen LogP contribution in [0.5, 0.6) is 5.75 Å². The Morgan fingerprint density at radius 1 is 1.00 bits per heavy atom. The largest absolute Gasteiger partial charge is 0.486 e. The number of nitrogens with one attached hydrogen (secondary N) is 1. The van der Waals surface area contributed by atoms with Gasteiger partial charge in [0.1, 0.15) is 30.3 Å². The number of nitrogens with zero attached hydrogens (tertiary/aromatic N) is 6. The van der Waals surface area contributed by atoms with E-state index in [4.69, 9.17) is 4.74 Å². The van der Waals surface area contributed by atoms with Gasteiger partial charge in [-0.1, -0.05) is 5.92 Å². The number of anilines is 4. The van der Waals surface area contributed by atoms with Crippen molar-refractivity contribution < 1.29 is 17.9 Å². The Morgan fingerprint density at radius 2 is 1.73 bits per heavy atom. The highest BCUT2D eigenvalue weighted by molar-refractivity contribution is 7.91. The lowest BCUT2D eigenvalue weighted by Crippen LogP contribution is -2.53. The summed E-state index contributed by atoms with van der Waals surface area (Å²) >= 11 is 0. The van der Waals surface area contributed by atoms with E-state index in [2.05, 4.69) is 56.0 Å². The van der Waals surface area contributed by atoms with Crippen LogP contribution in [0, 0.1) is 18.8 Å². The molecule has 6 rings (SSSR count). The van der Waals surface area contributed by atoms with Crippen molar-refractivity contribution in [3.05, 3.63) is 29.6 Å². The third-order valence-corrected chi connectivity index (χ3v) is 10.2. The topological polar surface area (TPSA) is 111 Å². The zero-order valence-corrected chi connectivity index (χ0v) is 24.5. The van der Waals surface area contributed by atoms with E-state index in [1.54, 1.807) is 6.92 Å². The Balaban J connectivity index is 1.12. The van der Waals surface area contributed by atoms with Crippen LogP contribution in [0.2, 0.25) is 0 Å². The molecule has 1 amide bonds. The summed E-state index contributed by atoms with van der Waals surface area (Å²) < 4.78 is 30.2. The van der Waals surface area contributed by atoms with E-state index in [0.29, 0.717) is 31.6 Å². The van der Waals surface area contributed by atoms with Gasteiger partial charge in [0, 0.05) is 64.1 Å². The zero-order valence-electron chi connectivity index (χ0n) is 23.7. The Labute approximate surface area is 241 Å². The first-order valence-electron chi connectivity index (χ1n) is 14.4. The minimum Gasteiger partial charge on any atom is -0.486 e. The monoisotopic (exact) mass is 579 g/mol. The maximum absolute atomic E-state index is 12.1. The summed E-state index contributed by atoms with van der Waals surface area (Å²) in [4.78, 5) is 30.0. The summed E-state index contributed by atoms with van der Waals surface area (Å²) in [5, 5.41) is 3.50. The maximum Gasteiger partial charge on any atom is 0.298 e. The summed E-state index contributed by atoms with van der Waals surface area (Å²) in [6.07, 6.45) is 3.52. The molecule has 1 aromatic carbocycles. The number of amides is 1. The molecule has 0 spiro atoms. The van der Waals surface area contributed by atoms with Crippen LogP contribution in [0.15, 0.2) is 18.5 Å². The van der Waals surface area contributed by atoms with E-state index < -0.39 is 9.84 Å². The molecule has 11 nitrogen and oxygen atoms in total. The van der Waals surface area contributed by atoms with Crippen molar-refractivity contribution >= 4 is 38.8 Å². The second-order valence-corrected chi connectivity index (χ2v) is 13.4. The van der Waals surface area contributed by atoms with Crippen LogP contribution >= 0.6 is 0 Å². The molecular formula is C29H37N7O4S. The van der Waals surface area contributed by atoms with Crippen molar-refractivity contribution in [1.29, 1.82) is 0 Å². The standard InChI is InChI=1S/C29H37N7O4S/c1-3-4-26(37)35-7-5-22(6-8-35)33-9-11-34(12-10-33)23-17-21(2)27-25(18-23)32-28-24(19-40-27)29(31-20-30-28)36-13-15-41(38,39)16-14-36/h17-18,20,22H,5-16,19H2,1-2H3,(H,30,31,32). The highest BCUT2D eigenvalue weighted by atomic mass is 32.2. The van der Waals surface area contributed by atoms with E-state index in [9.17, 15) is 13.2 Å². The van der Waals surface area contributed by atoms with Gasteiger partial charge in [-0.05, 0) is 50.3 Å². The molecule has 41 heavy (non-hydrogen) atoms. The molecule has 4 aliphatic rings. The van der Waals surface area contributed by atoms with Gasteiger partial charge >= 0.3 is 0 Å². The molecule has 4 aliphatic heterocycles. The molecule has 3 saturated heterocycles. The fraction of sp³-hybridized carbons (Fsp3) is 0.552. The second kappa shape index (κ2) is 11.4. The lowest BCUT2D eigenvalue weighted by molar-refractivity contribution is -0.126. The van der Waals surface area contributed by atoms with Gasteiger partial charge in [-0.25, -0.2) is 18.4 Å². The zero-order chi connectivity index (χ0) is 28.6. The molecule has 0 radical (unpaired) electrons. The third kappa shape index (κ3) is 5.78. The first-order valence-corrected chi connectivity index (χ1v) is 16.2. The van der Waals surface area contributed by atoms with Crippen LogP contribution in [0.3, 0.4) is 0 Å². The number of ether oxygens (including phenoxy) is 1. The first-order chi connectivity index (χ1) is 19.8. The van der Waals surface area contributed by atoms with Gasteiger partial charge in [0.15, 0.2) is 9.84 Å². The first kappa shape index (κ1) is 27.6. The molecule has 218 valence electrons. The van der Waals surface area contributed by atoms with Crippen LogP contribution in [0.25, 0.3) is 0 Å². The van der Waals surface area contributed by atoms with Gasteiger partial charge in [0.2, 0.25) is 0 Å². The number of piperazine rings is 1. The van der Waals surface area contributed by atoms with Gasteiger partial charge in [0.25, 0.3) is 5.91 Å². The molecule has 0 bridgehead atoms. The Bertz CT molecular complexity index is 1470. The molecule has 0 aliphatic carbocycles. The van der Waals surface area contributed by atoms with Gasteiger partial charge in [-0.15, -0.1) is 0 Å². The predicted octanol–water partition coefficient (Wildman–Crippen LogP) is 1.79. The number of hydrogen-bond acceptors (Lipinski definition) is 10. The highest BCUT2D eigenvalue weighted by Gasteiger charge is 2.31. The second-order valence-electron chi connectivity index (χ2n) is 11.1. The Morgan fingerprint density at radius 3 is 2.44 bits per heavy atom. The SMILES string of the molecule is CC#CC(=O)N1CCC(N2CCN(c3cc(C)c4c(c3)Nc3ncnc(N5CCS(=O)(=O)CC5)c3CO4)CC2)CC1. The molecule has 3 fully saturated rings. The van der Waals surface area contributed by atoms with E-state index >= 15 is 0 Å². The average molecular weight is 580 g/mol. The summed E-state index contributed by atoms with van der Waals surface area (Å²) in [5.41, 5.74) is 3.91. The minimum atomic E-state index is -2.99. The van der Waals surface area contributed by atoms with Crippen LogP contribution in [-0.2, 0) is 21.2 Å². The summed E-state index contributed by atoms with van der Waals surface area (Å²) in [7, 11) is -2.99. The van der Waals surface area contributed by atoms with Crippen molar-refractivity contribution in [3.8, 4) is 17.6 Å². The fourth-order valence-electron chi connectivity index (χ4n) is 6.30. The van der Waals surface area contributed by atoms with Crippen molar-refractivity contribution in [3.63, 3.8) is 0 Å². The molecule has 12 heteroatoms. The smallest absolute Gasteiger partial charge is 0.298 e. The lowest BCUT2D eigenvalue weighted by Gasteiger charge is -2.43. The molecule has 0 atom stereocenters. The Hall–Kier alpha value is -3.56. The molecular weight excluding hydrogens is 542 g/mol. The predicted molar refractivity (Wildman–Crippen MR) is 159 cm³/mol. The maximum atomic E-state index is 12.1. The molecule has 0 saturated carbocycles. The average Bonchev–Trinajstić information content (AvgIpc) is 3.17. The molecule has 1 N–H and O–H groups in total. The van der Waals surface area contributed by atoms with Crippen molar-refractivity contribution in [1.82, 2.24) is 19.8 Å². The summed E-state index contributed by atoms with van der Waals surface area (Å²) in [6, 6.07) is 4.83. The number of hydrogen-bond donors (Lipinski definition) is 1. The van der Waals surface area contributed by atoms with Crippen LogP contribution in [-0.4, -0.2) is 104 Å². The van der Waals surface area contributed by atoms with Crippen LogP contribution in [0.1, 0.15) is 30.9 Å². The Kier molecular flexibility index (Phi) is 7.66. The van der Waals surface area contributed by atoms with Crippen LogP contribution < -0.4 is 19.9 Å². The highest BCUT2D eigenvalue weighted by Crippen LogP contribution is 2.41. The molecule has 2 aromatic rings. The summed E-state index contributed by atoms with van der Waals surface area (Å²) in [6.45, 7) is 10.3. The number of likely N-dealkylation sites (tertiary alicyclic amines) is 1. The minimum absolute atomic E-state index is 0.0563. The van der Waals surface area contributed by atoms with E-state index in [1.165, 1.54) is 6.33 Å². The number of sulfone groups is 1. The van der Waals surface area contributed by atoms with Gasteiger partial charge in [0.05, 0.1) is 22.8 Å². The van der Waals surface area contributed by atoms with Crippen LogP contribution in [0.4, 0.5) is 23.0 Å². The third-order valence-electron chi connectivity index (χ3n) is 8.62. The van der Waals surface area contributed by atoms with Gasteiger partial charge in [-0.3, -0.25) is 9.69 Å². The van der Waals surface area contributed by atoms with Gasteiger partial charge < -0.3 is 24.8 Å². The van der Waals surface area contributed by atoms with Crippen molar-refractivity contribution in [2.75, 3.05) is 79.0 Å². The van der Waals surface area contributed by atoms with E-state index in [-0.39, 0.29) is 17.4 Å². The normalized spacial score (nSPS) is 21.0. The number of carbonyl (C=O) groups is 1. The molecule has 5 heterocycles. The number of fused-ring (bicyclic) bond motifs is 2. The number of rotatable bonds is 3. The quantitative estimate of drug-likeness (QED) is 0.541. The fourth-order valence-corrected chi connectivity index (χ4v) is 7.50. The number of piperidine rings is 1. The number of carbonyl (C=O) groups excluding carboxylic acids is 1. The number of aromatic nitrogens is 2. The number of aryl methyl sites for hydroxylation is 1. The molecule has 0 unspecified atom stereocenters. The van der Waals surface area contributed by atoms with Crippen molar-refractivity contribution in [2.45, 2.75) is 39.3 Å². The van der Waals surface area contributed by atoms with Crippen molar-refractivity contribution in [2.24, 2.45) is 0 Å². The lowest BCUT2D eigenvalue weighted by atomic mass is 10.0.